The van der Waals surface area contributed by atoms with Crippen LogP contribution in [0.1, 0.15) is 42.1 Å². The summed E-state index contributed by atoms with van der Waals surface area (Å²) in [5.74, 6) is 1.96. The lowest BCUT2D eigenvalue weighted by Crippen LogP contribution is -2.24. The minimum atomic E-state index is -0.0143. The monoisotopic (exact) mass is 451 g/mol. The van der Waals surface area contributed by atoms with Crippen molar-refractivity contribution in [3.8, 4) is 0 Å². The number of thiophene rings is 1. The maximum atomic E-state index is 12.4. The third-order valence-corrected chi connectivity index (χ3v) is 7.90. The van der Waals surface area contributed by atoms with E-state index in [1.54, 1.807) is 0 Å². The minimum Gasteiger partial charge on any atom is -0.351 e. The predicted octanol–water partition coefficient (Wildman–Crippen LogP) is 4.43. The molecule has 1 aliphatic rings. The lowest BCUT2D eigenvalue weighted by molar-refractivity contribution is -0.118. The summed E-state index contributed by atoms with van der Waals surface area (Å²) in [7, 11) is 0. The van der Waals surface area contributed by atoms with E-state index in [1.165, 1.54) is 28.6 Å². The van der Waals surface area contributed by atoms with Gasteiger partial charge in [-0.2, -0.15) is 0 Å². The summed E-state index contributed by atoms with van der Waals surface area (Å²) < 4.78 is 2.06. The van der Waals surface area contributed by atoms with Gasteiger partial charge in [-0.05, 0) is 36.3 Å². The molecule has 1 amide bonds. The van der Waals surface area contributed by atoms with Gasteiger partial charge in [0.2, 0.25) is 5.91 Å². The predicted molar refractivity (Wildman–Crippen MR) is 126 cm³/mol. The zero-order valence-corrected chi connectivity index (χ0v) is 19.4. The minimum absolute atomic E-state index is 0.0143. The SMILES string of the molecule is CCc1nc2sc3c(c2c2nnc(SCC(=O)NCc4ccccc4)n12)CCC(C)C3. The quantitative estimate of drug-likeness (QED) is 0.439. The first-order valence-electron chi connectivity index (χ1n) is 10.8. The fraction of sp³-hybridized carbons (Fsp3) is 0.391. The molecule has 160 valence electrons. The van der Waals surface area contributed by atoms with Crippen molar-refractivity contribution in [3.05, 3.63) is 52.2 Å². The molecule has 0 saturated heterocycles. The van der Waals surface area contributed by atoms with Gasteiger partial charge in [-0.3, -0.25) is 9.20 Å². The smallest absolute Gasteiger partial charge is 0.230 e. The molecule has 0 aliphatic heterocycles. The number of hydrogen-bond donors (Lipinski definition) is 1. The lowest BCUT2D eigenvalue weighted by Gasteiger charge is -2.17. The van der Waals surface area contributed by atoms with Gasteiger partial charge in [0.05, 0.1) is 11.1 Å². The van der Waals surface area contributed by atoms with E-state index in [2.05, 4.69) is 33.8 Å². The Hall–Kier alpha value is -2.45. The Morgan fingerprint density at radius 1 is 1.29 bits per heavy atom. The molecule has 6 nitrogen and oxygen atoms in total. The number of carbonyl (C=O) groups is 1. The largest absolute Gasteiger partial charge is 0.351 e. The molecule has 1 aromatic carbocycles. The maximum Gasteiger partial charge on any atom is 0.230 e. The number of aromatic nitrogens is 4. The molecule has 0 radical (unpaired) electrons. The van der Waals surface area contributed by atoms with Crippen LogP contribution < -0.4 is 5.32 Å². The van der Waals surface area contributed by atoms with Crippen LogP contribution in [-0.2, 0) is 30.6 Å². The Morgan fingerprint density at radius 2 is 2.13 bits per heavy atom. The summed E-state index contributed by atoms with van der Waals surface area (Å²) in [6.07, 6.45) is 4.20. The number of fused-ring (bicyclic) bond motifs is 5. The van der Waals surface area contributed by atoms with Crippen molar-refractivity contribution < 1.29 is 4.79 Å². The summed E-state index contributed by atoms with van der Waals surface area (Å²) in [4.78, 5) is 19.9. The van der Waals surface area contributed by atoms with Gasteiger partial charge >= 0.3 is 0 Å². The molecule has 5 rings (SSSR count). The Labute approximate surface area is 189 Å². The number of aryl methyl sites for hydroxylation is 2. The first-order chi connectivity index (χ1) is 15.1. The van der Waals surface area contributed by atoms with Crippen LogP contribution in [-0.4, -0.2) is 31.2 Å². The molecule has 1 aliphatic carbocycles. The van der Waals surface area contributed by atoms with Gasteiger partial charge in [-0.1, -0.05) is 55.9 Å². The van der Waals surface area contributed by atoms with Crippen molar-refractivity contribution >= 4 is 44.9 Å². The second-order valence-electron chi connectivity index (χ2n) is 8.11. The second-order valence-corrected chi connectivity index (χ2v) is 10.1. The van der Waals surface area contributed by atoms with Crippen LogP contribution >= 0.6 is 23.1 Å². The van der Waals surface area contributed by atoms with Crippen molar-refractivity contribution in [2.45, 2.75) is 51.2 Å². The number of rotatable bonds is 6. The summed E-state index contributed by atoms with van der Waals surface area (Å²) >= 11 is 3.24. The fourth-order valence-electron chi connectivity index (χ4n) is 4.19. The second kappa shape index (κ2) is 8.59. The molecule has 8 heteroatoms. The fourth-order valence-corrected chi connectivity index (χ4v) is 6.36. The number of benzene rings is 1. The van der Waals surface area contributed by atoms with Crippen molar-refractivity contribution in [3.63, 3.8) is 0 Å². The molecular weight excluding hydrogens is 426 g/mol. The van der Waals surface area contributed by atoms with Crippen LogP contribution in [0, 0.1) is 5.92 Å². The van der Waals surface area contributed by atoms with E-state index in [9.17, 15) is 4.79 Å². The average Bonchev–Trinajstić information content (AvgIpc) is 3.36. The van der Waals surface area contributed by atoms with Gasteiger partial charge in [-0.15, -0.1) is 21.5 Å². The summed E-state index contributed by atoms with van der Waals surface area (Å²) in [6, 6.07) is 9.93. The first-order valence-corrected chi connectivity index (χ1v) is 12.6. The maximum absolute atomic E-state index is 12.4. The van der Waals surface area contributed by atoms with Gasteiger partial charge in [0, 0.05) is 17.8 Å². The van der Waals surface area contributed by atoms with Gasteiger partial charge in [0.25, 0.3) is 0 Å². The van der Waals surface area contributed by atoms with Gasteiger partial charge in [0.15, 0.2) is 10.8 Å². The Kier molecular flexibility index (Phi) is 5.67. The number of nitrogens with one attached hydrogen (secondary N) is 1. The van der Waals surface area contributed by atoms with Crippen molar-refractivity contribution in [2.75, 3.05) is 5.75 Å². The van der Waals surface area contributed by atoms with Gasteiger partial charge in [-0.25, -0.2) is 4.98 Å². The van der Waals surface area contributed by atoms with Crippen molar-refractivity contribution in [1.29, 1.82) is 0 Å². The molecule has 4 aromatic rings. The topological polar surface area (TPSA) is 72.2 Å². The molecule has 3 heterocycles. The first kappa shape index (κ1) is 20.5. The van der Waals surface area contributed by atoms with Crippen LogP contribution in [0.5, 0.6) is 0 Å². The molecule has 0 bridgehead atoms. The number of amides is 1. The summed E-state index contributed by atoms with van der Waals surface area (Å²) in [5, 5.41) is 13.9. The number of nitrogens with zero attached hydrogens (tertiary/aromatic N) is 4. The standard InChI is InChI=1S/C23H25N5OS2/c1-3-18-25-22-20(16-10-9-14(2)11-17(16)31-22)21-26-27-23(28(18)21)30-13-19(29)24-12-15-7-5-4-6-8-15/h4-8,14H,3,9-13H2,1-2H3,(H,24,29). The van der Waals surface area contributed by atoms with E-state index in [0.717, 1.165) is 57.6 Å². The van der Waals surface area contributed by atoms with E-state index in [1.807, 2.05) is 41.7 Å². The summed E-state index contributed by atoms with van der Waals surface area (Å²) in [6.45, 7) is 4.95. The highest BCUT2D eigenvalue weighted by molar-refractivity contribution is 7.99. The molecular formula is C23H25N5OS2. The van der Waals surface area contributed by atoms with E-state index >= 15 is 0 Å². The van der Waals surface area contributed by atoms with Crippen LogP contribution in [0.3, 0.4) is 0 Å². The Balaban J connectivity index is 1.40. The molecule has 1 unspecified atom stereocenters. The third kappa shape index (κ3) is 3.94. The van der Waals surface area contributed by atoms with Gasteiger partial charge in [0.1, 0.15) is 10.7 Å². The molecule has 3 aromatic heterocycles. The van der Waals surface area contributed by atoms with Gasteiger partial charge < -0.3 is 5.32 Å². The Morgan fingerprint density at radius 3 is 2.94 bits per heavy atom. The van der Waals surface area contributed by atoms with E-state index < -0.39 is 0 Å². The van der Waals surface area contributed by atoms with Crippen LogP contribution in [0.4, 0.5) is 0 Å². The lowest BCUT2D eigenvalue weighted by atomic mass is 9.89. The normalized spacial score (nSPS) is 16.0. The zero-order valence-electron chi connectivity index (χ0n) is 17.7. The molecule has 0 fully saturated rings. The Bertz CT molecular complexity index is 1250. The average molecular weight is 452 g/mol. The third-order valence-electron chi connectivity index (χ3n) is 5.82. The number of carbonyl (C=O) groups excluding carboxylic acids is 1. The highest BCUT2D eigenvalue weighted by Gasteiger charge is 2.25. The molecule has 1 atom stereocenters. The molecule has 0 saturated carbocycles. The van der Waals surface area contributed by atoms with Crippen molar-refractivity contribution in [2.24, 2.45) is 5.92 Å². The van der Waals surface area contributed by atoms with Crippen molar-refractivity contribution in [1.82, 2.24) is 24.9 Å². The molecule has 1 N–H and O–H groups in total. The highest BCUT2D eigenvalue weighted by Crippen LogP contribution is 2.39. The van der Waals surface area contributed by atoms with E-state index in [4.69, 9.17) is 4.98 Å². The highest BCUT2D eigenvalue weighted by atomic mass is 32.2. The number of hydrogen-bond acceptors (Lipinski definition) is 6. The molecule has 0 spiro atoms. The summed E-state index contributed by atoms with van der Waals surface area (Å²) in [5.41, 5.74) is 3.38. The van der Waals surface area contributed by atoms with Crippen LogP contribution in [0.25, 0.3) is 15.9 Å². The van der Waals surface area contributed by atoms with Crippen LogP contribution in [0.15, 0.2) is 35.5 Å². The van der Waals surface area contributed by atoms with Crippen LogP contribution in [0.2, 0.25) is 0 Å². The van der Waals surface area contributed by atoms with E-state index in [0.29, 0.717) is 12.3 Å². The van der Waals surface area contributed by atoms with E-state index in [-0.39, 0.29) is 5.91 Å². The number of thioether (sulfide) groups is 1. The molecule has 31 heavy (non-hydrogen) atoms. The zero-order chi connectivity index (χ0) is 21.4.